The van der Waals surface area contributed by atoms with Crippen molar-refractivity contribution in [1.29, 1.82) is 0 Å². The Labute approximate surface area is 140 Å². The number of aryl methyl sites for hydroxylation is 1. The van der Waals surface area contributed by atoms with E-state index in [0.29, 0.717) is 11.0 Å². The smallest absolute Gasteiger partial charge is 0.255 e. The number of pyridine rings is 1. The number of rotatable bonds is 3. The van der Waals surface area contributed by atoms with Gasteiger partial charge in [-0.2, -0.15) is 0 Å². The van der Waals surface area contributed by atoms with Crippen LogP contribution < -0.4 is 0 Å². The van der Waals surface area contributed by atoms with Crippen molar-refractivity contribution in [2.45, 2.75) is 19.9 Å². The molecule has 2 fully saturated rings. The molecule has 2 aliphatic heterocycles. The minimum absolute atomic E-state index is 0.114. The van der Waals surface area contributed by atoms with Crippen LogP contribution in [-0.4, -0.2) is 51.9 Å². The van der Waals surface area contributed by atoms with Crippen LogP contribution >= 0.6 is 11.3 Å². The highest BCUT2D eigenvalue weighted by Gasteiger charge is 2.48. The lowest BCUT2D eigenvalue weighted by Crippen LogP contribution is -2.57. The topological polar surface area (TPSA) is 49.3 Å². The fourth-order valence-corrected chi connectivity index (χ4v) is 4.37. The molecule has 0 aliphatic carbocycles. The summed E-state index contributed by atoms with van der Waals surface area (Å²) in [6, 6.07) is 3.66. The highest BCUT2D eigenvalue weighted by Crippen LogP contribution is 2.40. The predicted molar refractivity (Wildman–Crippen MR) is 89.3 cm³/mol. The zero-order valence-corrected chi connectivity index (χ0v) is 14.1. The minimum Gasteiger partial charge on any atom is -0.338 e. The molecule has 5 nitrogen and oxygen atoms in total. The molecule has 0 bridgehead atoms. The van der Waals surface area contributed by atoms with Crippen molar-refractivity contribution in [3.05, 3.63) is 46.2 Å². The normalized spacial score (nSPS) is 20.0. The van der Waals surface area contributed by atoms with E-state index in [1.807, 2.05) is 24.0 Å². The van der Waals surface area contributed by atoms with E-state index in [1.54, 1.807) is 23.7 Å². The Kier molecular flexibility index (Phi) is 3.66. The van der Waals surface area contributed by atoms with E-state index < -0.39 is 0 Å². The number of aromatic nitrogens is 2. The van der Waals surface area contributed by atoms with Crippen molar-refractivity contribution in [2.24, 2.45) is 5.41 Å². The molecule has 6 heteroatoms. The summed E-state index contributed by atoms with van der Waals surface area (Å²) in [5.74, 6) is 0.114. The van der Waals surface area contributed by atoms with E-state index in [2.05, 4.69) is 20.2 Å². The first-order valence-electron chi connectivity index (χ1n) is 7.96. The van der Waals surface area contributed by atoms with E-state index in [9.17, 15) is 4.79 Å². The first-order valence-corrected chi connectivity index (χ1v) is 8.84. The highest BCUT2D eigenvalue weighted by molar-refractivity contribution is 7.09. The van der Waals surface area contributed by atoms with Gasteiger partial charge in [0, 0.05) is 55.9 Å². The number of hydrogen-bond acceptors (Lipinski definition) is 5. The fraction of sp³-hybridized carbons (Fsp3) is 0.471. The van der Waals surface area contributed by atoms with Crippen molar-refractivity contribution in [3.8, 4) is 0 Å². The number of carbonyl (C=O) groups is 1. The van der Waals surface area contributed by atoms with Crippen molar-refractivity contribution >= 4 is 17.2 Å². The third kappa shape index (κ3) is 2.88. The van der Waals surface area contributed by atoms with Crippen molar-refractivity contribution in [2.75, 3.05) is 26.2 Å². The molecule has 2 aromatic rings. The average molecular weight is 328 g/mol. The van der Waals surface area contributed by atoms with Gasteiger partial charge in [0.15, 0.2) is 0 Å². The Morgan fingerprint density at radius 3 is 2.96 bits per heavy atom. The lowest BCUT2D eigenvalue weighted by molar-refractivity contribution is 0.00187. The standard InChI is InChI=1S/C17H20N4OS/c1-13-19-15(9-23-13)8-20-10-17(11-20)4-6-21(12-17)16(22)14-3-2-5-18-7-14/h2-3,5,7,9H,4,6,8,10-12H2,1H3. The first-order chi connectivity index (χ1) is 11.1. The molecule has 4 rings (SSSR count). The van der Waals surface area contributed by atoms with Gasteiger partial charge in [-0.25, -0.2) is 4.98 Å². The van der Waals surface area contributed by atoms with Crippen LogP contribution in [0.3, 0.4) is 0 Å². The number of carbonyl (C=O) groups excluding carboxylic acids is 1. The zero-order chi connectivity index (χ0) is 15.9. The molecule has 2 aliphatic rings. The van der Waals surface area contributed by atoms with Crippen molar-refractivity contribution < 1.29 is 4.79 Å². The maximum Gasteiger partial charge on any atom is 0.255 e. The molecule has 0 radical (unpaired) electrons. The summed E-state index contributed by atoms with van der Waals surface area (Å²) < 4.78 is 0. The van der Waals surface area contributed by atoms with Crippen LogP contribution in [0.5, 0.6) is 0 Å². The second-order valence-corrected chi connectivity index (χ2v) is 7.78. The SMILES string of the molecule is Cc1nc(CN2CC3(CCN(C(=O)c4cccnc4)C3)C2)cs1. The summed E-state index contributed by atoms with van der Waals surface area (Å²) in [7, 11) is 0. The van der Waals surface area contributed by atoms with Crippen LogP contribution in [0.15, 0.2) is 29.9 Å². The van der Waals surface area contributed by atoms with E-state index in [4.69, 9.17) is 0 Å². The molecule has 120 valence electrons. The molecule has 0 aromatic carbocycles. The second-order valence-electron chi connectivity index (χ2n) is 6.72. The lowest BCUT2D eigenvalue weighted by Gasteiger charge is -2.47. The largest absolute Gasteiger partial charge is 0.338 e. The fourth-order valence-electron chi connectivity index (χ4n) is 3.76. The maximum absolute atomic E-state index is 12.5. The third-order valence-electron chi connectivity index (χ3n) is 4.80. The van der Waals surface area contributed by atoms with Gasteiger partial charge < -0.3 is 4.90 Å². The van der Waals surface area contributed by atoms with E-state index >= 15 is 0 Å². The molecule has 0 unspecified atom stereocenters. The van der Waals surface area contributed by atoms with Gasteiger partial charge in [-0.05, 0) is 25.5 Å². The second kappa shape index (κ2) is 5.69. The molecule has 0 N–H and O–H groups in total. The Morgan fingerprint density at radius 1 is 1.39 bits per heavy atom. The van der Waals surface area contributed by atoms with Gasteiger partial charge in [-0.3, -0.25) is 14.7 Å². The lowest BCUT2D eigenvalue weighted by atomic mass is 9.79. The summed E-state index contributed by atoms with van der Waals surface area (Å²) in [6.07, 6.45) is 4.46. The van der Waals surface area contributed by atoms with Crippen LogP contribution in [0, 0.1) is 12.3 Å². The summed E-state index contributed by atoms with van der Waals surface area (Å²) in [6.45, 7) is 6.85. The quantitative estimate of drug-likeness (QED) is 0.867. The van der Waals surface area contributed by atoms with Gasteiger partial charge in [0.05, 0.1) is 16.3 Å². The molecule has 2 saturated heterocycles. The Balaban J connectivity index is 1.34. The van der Waals surface area contributed by atoms with E-state index in [1.165, 1.54) is 5.69 Å². The third-order valence-corrected chi connectivity index (χ3v) is 5.63. The first kappa shape index (κ1) is 14.8. The molecular weight excluding hydrogens is 308 g/mol. The van der Waals surface area contributed by atoms with Crippen LogP contribution in [0.25, 0.3) is 0 Å². The van der Waals surface area contributed by atoms with Gasteiger partial charge in [-0.1, -0.05) is 0 Å². The van der Waals surface area contributed by atoms with Crippen LogP contribution in [0.1, 0.15) is 27.5 Å². The Bertz CT molecular complexity index is 708. The number of likely N-dealkylation sites (tertiary alicyclic amines) is 2. The average Bonchev–Trinajstić information content (AvgIpc) is 3.14. The summed E-state index contributed by atoms with van der Waals surface area (Å²) >= 11 is 1.71. The minimum atomic E-state index is 0.114. The van der Waals surface area contributed by atoms with Crippen molar-refractivity contribution in [1.82, 2.24) is 19.8 Å². The van der Waals surface area contributed by atoms with Gasteiger partial charge in [-0.15, -0.1) is 11.3 Å². The highest BCUT2D eigenvalue weighted by atomic mass is 32.1. The van der Waals surface area contributed by atoms with E-state index in [0.717, 1.165) is 44.2 Å². The summed E-state index contributed by atoms with van der Waals surface area (Å²) in [5.41, 5.74) is 2.16. The van der Waals surface area contributed by atoms with E-state index in [-0.39, 0.29) is 5.91 Å². The Hall–Kier alpha value is -1.79. The van der Waals surface area contributed by atoms with Gasteiger partial charge in [0.2, 0.25) is 0 Å². The van der Waals surface area contributed by atoms with Crippen LogP contribution in [0.2, 0.25) is 0 Å². The maximum atomic E-state index is 12.5. The van der Waals surface area contributed by atoms with Crippen molar-refractivity contribution in [3.63, 3.8) is 0 Å². The number of hydrogen-bond donors (Lipinski definition) is 0. The van der Waals surface area contributed by atoms with Gasteiger partial charge in [0.25, 0.3) is 5.91 Å². The molecule has 0 atom stereocenters. The zero-order valence-electron chi connectivity index (χ0n) is 13.2. The van der Waals surface area contributed by atoms with Gasteiger partial charge in [0.1, 0.15) is 0 Å². The molecule has 4 heterocycles. The number of nitrogens with zero attached hydrogens (tertiary/aromatic N) is 4. The summed E-state index contributed by atoms with van der Waals surface area (Å²) in [5, 5.41) is 3.28. The monoisotopic (exact) mass is 328 g/mol. The molecule has 1 amide bonds. The number of amides is 1. The molecule has 2 aromatic heterocycles. The molecule has 23 heavy (non-hydrogen) atoms. The molecule has 1 spiro atoms. The number of thiazole rings is 1. The van der Waals surface area contributed by atoms with Crippen LogP contribution in [0.4, 0.5) is 0 Å². The predicted octanol–water partition coefficient (Wildman–Crippen LogP) is 2.19. The van der Waals surface area contributed by atoms with Gasteiger partial charge >= 0.3 is 0 Å². The molecular formula is C17H20N4OS. The van der Waals surface area contributed by atoms with Crippen LogP contribution in [-0.2, 0) is 6.54 Å². The summed E-state index contributed by atoms with van der Waals surface area (Å²) in [4.78, 5) is 25.5. The Morgan fingerprint density at radius 2 is 2.26 bits per heavy atom. The molecule has 0 saturated carbocycles.